The molecule has 0 radical (unpaired) electrons. The maximum absolute atomic E-state index is 10.2. The van der Waals surface area contributed by atoms with Gasteiger partial charge in [-0.3, -0.25) is 4.79 Å². The minimum absolute atomic E-state index is 0.513. The summed E-state index contributed by atoms with van der Waals surface area (Å²) in [6, 6.07) is 0. The van der Waals surface area contributed by atoms with Crippen molar-refractivity contribution >= 4 is 35.1 Å². The average molecular weight is 199 g/mol. The Morgan fingerprint density at radius 1 is 1.18 bits per heavy atom. The second kappa shape index (κ2) is 4.20. The molecular weight excluding hydrogens is 195 g/mol. The summed E-state index contributed by atoms with van der Waals surface area (Å²) in [5.41, 5.74) is -0.513. The summed E-state index contributed by atoms with van der Waals surface area (Å²) in [6.07, 6.45) is -0.683. The number of carboxylic acids is 2. The number of hydrogen-bond acceptors (Lipinski definition) is 2. The van der Waals surface area contributed by atoms with Crippen LogP contribution in [0.2, 0.25) is 0 Å². The third-order valence-electron chi connectivity index (χ3n) is 0.814. The molecule has 6 heteroatoms. The van der Waals surface area contributed by atoms with Crippen LogP contribution in [0, 0.1) is 0 Å². The third-order valence-corrected chi connectivity index (χ3v) is 1.27. The van der Waals surface area contributed by atoms with Crippen LogP contribution in [-0.4, -0.2) is 22.2 Å². The van der Waals surface area contributed by atoms with Crippen molar-refractivity contribution in [3.63, 3.8) is 0 Å². The molecule has 0 aliphatic rings. The smallest absolute Gasteiger partial charge is 0.334 e. The fourth-order valence-electron chi connectivity index (χ4n) is 0.374. The van der Waals surface area contributed by atoms with E-state index in [0.717, 1.165) is 0 Å². The first-order chi connectivity index (χ1) is 4.95. The van der Waals surface area contributed by atoms with Gasteiger partial charge in [-0.1, -0.05) is 23.2 Å². The molecule has 2 N–H and O–H groups in total. The molecule has 0 saturated carbocycles. The summed E-state index contributed by atoms with van der Waals surface area (Å²) in [7, 11) is 0. The molecule has 4 nitrogen and oxygen atoms in total. The minimum atomic E-state index is -1.42. The second-order valence-corrected chi connectivity index (χ2v) is 2.56. The fraction of sp³-hybridized carbons (Fsp3) is 0.200. The van der Waals surface area contributed by atoms with Crippen molar-refractivity contribution < 1.29 is 19.8 Å². The van der Waals surface area contributed by atoms with E-state index in [1.807, 2.05) is 0 Å². The third kappa shape index (κ3) is 3.85. The lowest BCUT2D eigenvalue weighted by Gasteiger charge is -1.96. The van der Waals surface area contributed by atoms with Gasteiger partial charge in [0.05, 0.1) is 12.0 Å². The molecule has 62 valence electrons. The topological polar surface area (TPSA) is 74.6 Å². The zero-order valence-corrected chi connectivity index (χ0v) is 6.69. The number of carboxylic acid groups (broad SMARTS) is 2. The maximum Gasteiger partial charge on any atom is 0.334 e. The predicted octanol–water partition coefficient (Wildman–Crippen LogP) is 1.23. The standard InChI is InChI=1S/C5H4Cl2O4/c6-4(7)2(5(10)11)1-3(8)9/h1H2,(H,8,9)(H,10,11). The van der Waals surface area contributed by atoms with Crippen LogP contribution in [-0.2, 0) is 9.59 Å². The normalized spacial score (nSPS) is 8.91. The Hall–Kier alpha value is -0.740. The zero-order chi connectivity index (χ0) is 9.02. The van der Waals surface area contributed by atoms with Crippen LogP contribution in [0.5, 0.6) is 0 Å². The first-order valence-electron chi connectivity index (χ1n) is 2.44. The summed E-state index contributed by atoms with van der Waals surface area (Å²) >= 11 is 10.2. The highest BCUT2D eigenvalue weighted by Gasteiger charge is 2.15. The molecule has 0 fully saturated rings. The first-order valence-corrected chi connectivity index (χ1v) is 3.20. The van der Waals surface area contributed by atoms with Crippen LogP contribution in [0.15, 0.2) is 10.1 Å². The predicted molar refractivity (Wildman–Crippen MR) is 38.6 cm³/mol. The van der Waals surface area contributed by atoms with Crippen LogP contribution in [0.3, 0.4) is 0 Å². The van der Waals surface area contributed by atoms with Crippen molar-refractivity contribution in [1.29, 1.82) is 0 Å². The average Bonchev–Trinajstić information content (AvgIpc) is 1.81. The SMILES string of the molecule is O=C(O)CC(C(=O)O)=C(Cl)Cl. The van der Waals surface area contributed by atoms with E-state index in [1.54, 1.807) is 0 Å². The number of aliphatic carboxylic acids is 2. The molecule has 0 aliphatic carbocycles. The fourth-order valence-corrected chi connectivity index (χ4v) is 0.670. The highest BCUT2D eigenvalue weighted by Crippen LogP contribution is 2.17. The lowest BCUT2D eigenvalue weighted by molar-refractivity contribution is -0.139. The maximum atomic E-state index is 10.2. The molecule has 0 atom stereocenters. The number of hydrogen-bond donors (Lipinski definition) is 2. The number of halogens is 2. The van der Waals surface area contributed by atoms with Gasteiger partial charge in [-0.15, -0.1) is 0 Å². The van der Waals surface area contributed by atoms with Gasteiger partial charge in [0, 0.05) is 0 Å². The van der Waals surface area contributed by atoms with Gasteiger partial charge in [0.1, 0.15) is 4.49 Å². The quantitative estimate of drug-likeness (QED) is 0.670. The molecule has 0 unspecified atom stereocenters. The van der Waals surface area contributed by atoms with Crippen molar-refractivity contribution in [2.75, 3.05) is 0 Å². The largest absolute Gasteiger partial charge is 0.481 e. The van der Waals surface area contributed by atoms with E-state index in [4.69, 9.17) is 33.4 Å². The minimum Gasteiger partial charge on any atom is -0.481 e. The Morgan fingerprint density at radius 2 is 1.64 bits per heavy atom. The van der Waals surface area contributed by atoms with E-state index < -0.39 is 28.4 Å². The summed E-state index contributed by atoms with van der Waals surface area (Å²) in [5.74, 6) is -2.71. The van der Waals surface area contributed by atoms with Crippen molar-refractivity contribution in [3.8, 4) is 0 Å². The summed E-state index contributed by atoms with van der Waals surface area (Å²) in [5, 5.41) is 16.5. The molecule has 0 rings (SSSR count). The van der Waals surface area contributed by atoms with Crippen molar-refractivity contribution in [2.24, 2.45) is 0 Å². The van der Waals surface area contributed by atoms with E-state index in [9.17, 15) is 9.59 Å². The molecule has 0 aromatic carbocycles. The molecule has 0 bridgehead atoms. The van der Waals surface area contributed by atoms with Gasteiger partial charge in [0.25, 0.3) is 0 Å². The van der Waals surface area contributed by atoms with E-state index in [0.29, 0.717) is 0 Å². The summed E-state index contributed by atoms with van der Waals surface area (Å²) < 4.78 is -0.528. The van der Waals surface area contributed by atoms with E-state index >= 15 is 0 Å². The van der Waals surface area contributed by atoms with Gasteiger partial charge in [-0.25, -0.2) is 4.79 Å². The monoisotopic (exact) mass is 198 g/mol. The van der Waals surface area contributed by atoms with Gasteiger partial charge in [0.2, 0.25) is 0 Å². The summed E-state index contributed by atoms with van der Waals surface area (Å²) in [6.45, 7) is 0. The van der Waals surface area contributed by atoms with Crippen molar-refractivity contribution in [1.82, 2.24) is 0 Å². The Morgan fingerprint density at radius 3 is 1.73 bits per heavy atom. The highest BCUT2D eigenvalue weighted by molar-refractivity contribution is 6.57. The van der Waals surface area contributed by atoms with Gasteiger partial charge in [-0.2, -0.15) is 0 Å². The second-order valence-electron chi connectivity index (χ2n) is 1.61. The Labute approximate surface area is 72.0 Å². The van der Waals surface area contributed by atoms with Crippen molar-refractivity contribution in [3.05, 3.63) is 10.1 Å². The molecular formula is C5H4Cl2O4. The summed E-state index contributed by atoms with van der Waals surface area (Å²) in [4.78, 5) is 20.2. The first kappa shape index (κ1) is 10.3. The molecule has 0 amide bonds. The Balaban J connectivity index is 4.52. The van der Waals surface area contributed by atoms with Crippen LogP contribution in [0.1, 0.15) is 6.42 Å². The lowest BCUT2D eigenvalue weighted by Crippen LogP contribution is -2.07. The molecule has 0 aliphatic heterocycles. The van der Waals surface area contributed by atoms with E-state index in [-0.39, 0.29) is 0 Å². The molecule has 0 aromatic heterocycles. The number of carbonyl (C=O) groups is 2. The van der Waals surface area contributed by atoms with Crippen LogP contribution in [0.4, 0.5) is 0 Å². The molecule has 0 heterocycles. The molecule has 0 saturated heterocycles. The Kier molecular flexibility index (Phi) is 3.92. The zero-order valence-electron chi connectivity index (χ0n) is 5.17. The van der Waals surface area contributed by atoms with Gasteiger partial charge >= 0.3 is 11.9 Å². The number of rotatable bonds is 3. The van der Waals surface area contributed by atoms with E-state index in [1.165, 1.54) is 0 Å². The lowest BCUT2D eigenvalue weighted by atomic mass is 10.2. The van der Waals surface area contributed by atoms with Gasteiger partial charge in [0.15, 0.2) is 0 Å². The molecule has 0 aromatic rings. The molecule has 11 heavy (non-hydrogen) atoms. The van der Waals surface area contributed by atoms with E-state index in [2.05, 4.69) is 0 Å². The van der Waals surface area contributed by atoms with Gasteiger partial charge in [-0.05, 0) is 0 Å². The van der Waals surface area contributed by atoms with Crippen LogP contribution < -0.4 is 0 Å². The highest BCUT2D eigenvalue weighted by atomic mass is 35.5. The molecule has 0 spiro atoms. The Bertz CT molecular complexity index is 217. The van der Waals surface area contributed by atoms with Crippen molar-refractivity contribution in [2.45, 2.75) is 6.42 Å². The van der Waals surface area contributed by atoms with Gasteiger partial charge < -0.3 is 10.2 Å². The van der Waals surface area contributed by atoms with Crippen LogP contribution >= 0.6 is 23.2 Å². The van der Waals surface area contributed by atoms with Crippen LogP contribution in [0.25, 0.3) is 0 Å².